The van der Waals surface area contributed by atoms with Gasteiger partial charge < -0.3 is 15.2 Å². The molecule has 6 heteroatoms. The predicted molar refractivity (Wildman–Crippen MR) is 53.1 cm³/mol. The monoisotopic (exact) mass is 208 g/mol. The molecule has 0 unspecified atom stereocenters. The molecule has 0 radical (unpaired) electrons. The van der Waals surface area contributed by atoms with Crippen LogP contribution in [-0.4, -0.2) is 41.7 Å². The van der Waals surface area contributed by atoms with Crippen LogP contribution in [0, 0.1) is 11.3 Å². The van der Waals surface area contributed by atoms with E-state index >= 15 is 0 Å². The van der Waals surface area contributed by atoms with Gasteiger partial charge in [0.2, 0.25) is 0 Å². The van der Waals surface area contributed by atoms with Gasteiger partial charge in [-0.1, -0.05) is 0 Å². The van der Waals surface area contributed by atoms with Crippen molar-refractivity contribution in [1.82, 2.24) is 10.2 Å². The van der Waals surface area contributed by atoms with E-state index in [2.05, 4.69) is 15.5 Å². The zero-order valence-electron chi connectivity index (χ0n) is 8.18. The third-order valence-electron chi connectivity index (χ3n) is 1.62. The number of nitriles is 1. The van der Waals surface area contributed by atoms with Crippen LogP contribution in [0.3, 0.4) is 0 Å². The average molecular weight is 208 g/mol. The largest absolute Gasteiger partial charge is 0.394 e. The first-order chi connectivity index (χ1) is 7.38. The maximum absolute atomic E-state index is 8.74. The number of hydrogen-bond acceptors (Lipinski definition) is 6. The Kier molecular flexibility index (Phi) is 5.08. The van der Waals surface area contributed by atoms with Crippen LogP contribution in [0.1, 0.15) is 5.56 Å². The van der Waals surface area contributed by atoms with Gasteiger partial charge in [-0.25, -0.2) is 0 Å². The molecule has 0 aromatic carbocycles. The summed E-state index contributed by atoms with van der Waals surface area (Å²) in [5, 5.41) is 27.6. The minimum Gasteiger partial charge on any atom is -0.394 e. The van der Waals surface area contributed by atoms with Crippen molar-refractivity contribution in [3.8, 4) is 6.07 Å². The van der Waals surface area contributed by atoms with Crippen LogP contribution in [0.15, 0.2) is 12.3 Å². The van der Waals surface area contributed by atoms with Crippen molar-refractivity contribution in [1.29, 1.82) is 5.26 Å². The number of anilines is 1. The van der Waals surface area contributed by atoms with Gasteiger partial charge in [0.1, 0.15) is 6.07 Å². The average Bonchev–Trinajstić information content (AvgIpc) is 2.29. The number of hydrogen-bond donors (Lipinski definition) is 2. The van der Waals surface area contributed by atoms with Crippen LogP contribution >= 0.6 is 0 Å². The SMILES string of the molecule is N#Cc1ccnnc1NCCOCCO. The molecule has 0 fully saturated rings. The Morgan fingerprint density at radius 2 is 2.40 bits per heavy atom. The third-order valence-corrected chi connectivity index (χ3v) is 1.62. The topological polar surface area (TPSA) is 91.1 Å². The first-order valence-electron chi connectivity index (χ1n) is 4.52. The van der Waals surface area contributed by atoms with Gasteiger partial charge in [-0.3, -0.25) is 0 Å². The van der Waals surface area contributed by atoms with E-state index in [0.717, 1.165) is 0 Å². The summed E-state index contributed by atoms with van der Waals surface area (Å²) in [5.74, 6) is 0.451. The summed E-state index contributed by atoms with van der Waals surface area (Å²) < 4.78 is 5.03. The van der Waals surface area contributed by atoms with E-state index in [0.29, 0.717) is 31.1 Å². The zero-order chi connectivity index (χ0) is 10.9. The van der Waals surface area contributed by atoms with Crippen LogP contribution in [0.2, 0.25) is 0 Å². The minimum absolute atomic E-state index is 0.00852. The van der Waals surface area contributed by atoms with Gasteiger partial charge in [-0.15, -0.1) is 5.10 Å². The van der Waals surface area contributed by atoms with E-state index < -0.39 is 0 Å². The van der Waals surface area contributed by atoms with Crippen LogP contribution in [-0.2, 0) is 4.74 Å². The molecule has 0 spiro atoms. The molecule has 1 rings (SSSR count). The van der Waals surface area contributed by atoms with Crippen LogP contribution in [0.25, 0.3) is 0 Å². The number of aromatic nitrogens is 2. The summed E-state index contributed by atoms with van der Waals surface area (Å²) in [4.78, 5) is 0. The molecule has 15 heavy (non-hydrogen) atoms. The van der Waals surface area contributed by atoms with Crippen LogP contribution in [0.4, 0.5) is 5.82 Å². The summed E-state index contributed by atoms with van der Waals surface area (Å²) in [6.07, 6.45) is 1.46. The van der Waals surface area contributed by atoms with Crippen molar-refractivity contribution < 1.29 is 9.84 Å². The van der Waals surface area contributed by atoms with Gasteiger partial charge in [0.25, 0.3) is 0 Å². The molecule has 0 bridgehead atoms. The number of aliphatic hydroxyl groups is 1. The van der Waals surface area contributed by atoms with Crippen molar-refractivity contribution in [2.75, 3.05) is 31.7 Å². The summed E-state index contributed by atoms with van der Waals surface area (Å²) in [5.41, 5.74) is 0.451. The second kappa shape index (κ2) is 6.70. The lowest BCUT2D eigenvalue weighted by molar-refractivity contribution is 0.0992. The highest BCUT2D eigenvalue weighted by molar-refractivity contribution is 5.49. The summed E-state index contributed by atoms with van der Waals surface area (Å²) in [6, 6.07) is 3.59. The Bertz CT molecular complexity index is 337. The fraction of sp³-hybridized carbons (Fsp3) is 0.444. The lowest BCUT2D eigenvalue weighted by atomic mass is 10.3. The Hall–Kier alpha value is -1.71. The van der Waals surface area contributed by atoms with E-state index in [1.54, 1.807) is 6.07 Å². The Morgan fingerprint density at radius 1 is 1.53 bits per heavy atom. The van der Waals surface area contributed by atoms with E-state index in [9.17, 15) is 0 Å². The van der Waals surface area contributed by atoms with Crippen molar-refractivity contribution >= 4 is 5.82 Å². The first kappa shape index (κ1) is 11.4. The van der Waals surface area contributed by atoms with Crippen molar-refractivity contribution in [2.45, 2.75) is 0 Å². The molecular weight excluding hydrogens is 196 g/mol. The lowest BCUT2D eigenvalue weighted by Gasteiger charge is -2.05. The number of aliphatic hydroxyl groups excluding tert-OH is 1. The summed E-state index contributed by atoms with van der Waals surface area (Å²) in [7, 11) is 0. The molecule has 0 aliphatic heterocycles. The zero-order valence-corrected chi connectivity index (χ0v) is 8.18. The van der Waals surface area contributed by atoms with Gasteiger partial charge >= 0.3 is 0 Å². The molecule has 0 saturated carbocycles. The predicted octanol–water partition coefficient (Wildman–Crippen LogP) is -0.231. The van der Waals surface area contributed by atoms with E-state index in [1.165, 1.54) is 6.20 Å². The smallest absolute Gasteiger partial charge is 0.166 e. The second-order valence-electron chi connectivity index (χ2n) is 2.67. The van der Waals surface area contributed by atoms with Gasteiger partial charge in [0, 0.05) is 6.54 Å². The molecule has 0 aliphatic carbocycles. The second-order valence-corrected chi connectivity index (χ2v) is 2.67. The third kappa shape index (κ3) is 3.89. The van der Waals surface area contributed by atoms with Crippen molar-refractivity contribution in [3.63, 3.8) is 0 Å². The fourth-order valence-corrected chi connectivity index (χ4v) is 0.961. The molecular formula is C9H12N4O2. The molecule has 6 nitrogen and oxygen atoms in total. The number of nitrogens with one attached hydrogen (secondary N) is 1. The lowest BCUT2D eigenvalue weighted by Crippen LogP contribution is -2.13. The standard InChI is InChI=1S/C9H12N4O2/c10-7-8-1-2-12-13-9(8)11-3-5-15-6-4-14/h1-2,14H,3-6H2,(H,11,13). The van der Waals surface area contributed by atoms with E-state index in [1.807, 2.05) is 6.07 Å². The van der Waals surface area contributed by atoms with Gasteiger partial charge in [-0.05, 0) is 6.07 Å². The molecule has 80 valence electrons. The molecule has 1 aromatic heterocycles. The van der Waals surface area contributed by atoms with E-state index in [4.69, 9.17) is 15.1 Å². The molecule has 1 heterocycles. The molecule has 0 amide bonds. The molecule has 0 saturated heterocycles. The number of rotatable bonds is 6. The normalized spacial score (nSPS) is 9.60. The number of nitrogens with zero attached hydrogens (tertiary/aromatic N) is 3. The molecule has 0 aliphatic rings. The Morgan fingerprint density at radius 3 is 3.13 bits per heavy atom. The van der Waals surface area contributed by atoms with Crippen molar-refractivity contribution in [3.05, 3.63) is 17.8 Å². The highest BCUT2D eigenvalue weighted by Crippen LogP contribution is 2.06. The molecule has 2 N–H and O–H groups in total. The first-order valence-corrected chi connectivity index (χ1v) is 4.52. The highest BCUT2D eigenvalue weighted by atomic mass is 16.5. The highest BCUT2D eigenvalue weighted by Gasteiger charge is 2.01. The van der Waals surface area contributed by atoms with Gasteiger partial charge in [-0.2, -0.15) is 10.4 Å². The summed E-state index contributed by atoms with van der Waals surface area (Å²) in [6.45, 7) is 1.29. The van der Waals surface area contributed by atoms with E-state index in [-0.39, 0.29) is 6.61 Å². The van der Waals surface area contributed by atoms with Crippen LogP contribution in [0.5, 0.6) is 0 Å². The number of ether oxygens (including phenoxy) is 1. The van der Waals surface area contributed by atoms with Crippen molar-refractivity contribution in [2.24, 2.45) is 0 Å². The van der Waals surface area contributed by atoms with Gasteiger partial charge in [0.05, 0.1) is 31.6 Å². The Balaban J connectivity index is 2.34. The van der Waals surface area contributed by atoms with Gasteiger partial charge in [0.15, 0.2) is 5.82 Å². The van der Waals surface area contributed by atoms with Crippen LogP contribution < -0.4 is 5.32 Å². The quantitative estimate of drug-likeness (QED) is 0.627. The molecule has 1 aromatic rings. The Labute approximate surface area is 87.5 Å². The maximum atomic E-state index is 8.74. The summed E-state index contributed by atoms with van der Waals surface area (Å²) >= 11 is 0. The fourth-order valence-electron chi connectivity index (χ4n) is 0.961. The molecule has 0 atom stereocenters. The maximum Gasteiger partial charge on any atom is 0.166 e. The minimum atomic E-state index is 0.00852.